The lowest BCUT2D eigenvalue weighted by molar-refractivity contribution is -0.650. The minimum absolute atomic E-state index is 0.102. The smallest absolute Gasteiger partial charge is 0.368 e. The molecule has 0 spiro atoms. The van der Waals surface area contributed by atoms with Crippen LogP contribution in [0.4, 0.5) is 5.82 Å². The molecule has 0 atom stereocenters. The zero-order chi connectivity index (χ0) is 10.5. The molecule has 14 heavy (non-hydrogen) atoms. The van der Waals surface area contributed by atoms with Gasteiger partial charge in [-0.05, 0) is 0 Å². The second-order valence-electron chi connectivity index (χ2n) is 3.31. The van der Waals surface area contributed by atoms with E-state index in [1.165, 1.54) is 4.57 Å². The molecule has 6 heteroatoms. The van der Waals surface area contributed by atoms with E-state index in [1.807, 2.05) is 7.05 Å². The maximum atomic E-state index is 11.6. The van der Waals surface area contributed by atoms with Crippen LogP contribution >= 0.6 is 0 Å². The Bertz CT molecular complexity index is 517. The number of aryl methyl sites for hydroxylation is 3. The summed E-state index contributed by atoms with van der Waals surface area (Å²) in [5.41, 5.74) is 7.05. The third kappa shape index (κ3) is 0.876. The number of hydrogen-bond acceptors (Lipinski definition) is 3. The molecule has 2 N–H and O–H groups in total. The third-order valence-corrected chi connectivity index (χ3v) is 2.39. The average molecular weight is 194 g/mol. The van der Waals surface area contributed by atoms with Crippen molar-refractivity contribution in [3.8, 4) is 0 Å². The van der Waals surface area contributed by atoms with Crippen molar-refractivity contribution in [3.63, 3.8) is 0 Å². The lowest BCUT2D eigenvalue weighted by Crippen LogP contribution is -2.32. The quantitative estimate of drug-likeness (QED) is 0.529. The molecule has 74 valence electrons. The van der Waals surface area contributed by atoms with Gasteiger partial charge in [0.05, 0.1) is 14.1 Å². The summed E-state index contributed by atoms with van der Waals surface area (Å²) in [7, 11) is 5.22. The second-order valence-corrected chi connectivity index (χ2v) is 3.31. The number of nitrogen functional groups attached to an aromatic ring is 1. The third-order valence-electron chi connectivity index (χ3n) is 2.39. The highest BCUT2D eigenvalue weighted by molar-refractivity contribution is 5.79. The maximum absolute atomic E-state index is 11.6. The van der Waals surface area contributed by atoms with Crippen LogP contribution in [0, 0.1) is 0 Å². The van der Waals surface area contributed by atoms with Gasteiger partial charge in [-0.15, -0.1) is 0 Å². The van der Waals surface area contributed by atoms with Gasteiger partial charge < -0.3 is 5.73 Å². The van der Waals surface area contributed by atoms with Gasteiger partial charge in [0.1, 0.15) is 0 Å². The van der Waals surface area contributed by atoms with Crippen LogP contribution in [0.1, 0.15) is 0 Å². The predicted molar refractivity (Wildman–Crippen MR) is 51.5 cm³/mol. The molecule has 0 aliphatic heterocycles. The van der Waals surface area contributed by atoms with Crippen LogP contribution < -0.4 is 16.0 Å². The maximum Gasteiger partial charge on any atom is 0.386 e. The molecule has 2 aromatic heterocycles. The summed E-state index contributed by atoms with van der Waals surface area (Å²) in [4.78, 5) is 15.6. The lowest BCUT2D eigenvalue weighted by atomic mass is 10.5. The number of imidazole rings is 1. The Morgan fingerprint density at radius 2 is 2.07 bits per heavy atom. The number of anilines is 1. The summed E-state index contributed by atoms with van der Waals surface area (Å²) in [5, 5.41) is 0. The van der Waals surface area contributed by atoms with Gasteiger partial charge in [-0.1, -0.05) is 4.98 Å². The monoisotopic (exact) mass is 194 g/mol. The van der Waals surface area contributed by atoms with Crippen LogP contribution in [0.5, 0.6) is 0 Å². The van der Waals surface area contributed by atoms with E-state index in [0.717, 1.165) is 5.65 Å². The van der Waals surface area contributed by atoms with E-state index in [2.05, 4.69) is 4.98 Å². The fourth-order valence-electron chi connectivity index (χ4n) is 1.67. The molecule has 0 amide bonds. The average Bonchev–Trinajstić information content (AvgIpc) is 2.38. The zero-order valence-electron chi connectivity index (χ0n) is 8.35. The molecular formula is C8H12N5O+. The SMILES string of the molecule is Cn1c(=O)n(C)c2c1c(N)nc[n+]2C. The summed E-state index contributed by atoms with van der Waals surface area (Å²) >= 11 is 0. The Morgan fingerprint density at radius 3 is 2.64 bits per heavy atom. The van der Waals surface area contributed by atoms with Gasteiger partial charge in [-0.3, -0.25) is 4.57 Å². The summed E-state index contributed by atoms with van der Waals surface area (Å²) in [6.45, 7) is 0. The van der Waals surface area contributed by atoms with E-state index in [1.54, 1.807) is 29.6 Å². The fraction of sp³-hybridized carbons (Fsp3) is 0.375. The summed E-state index contributed by atoms with van der Waals surface area (Å²) in [5.74, 6) is 0.373. The lowest BCUT2D eigenvalue weighted by Gasteiger charge is -1.96. The first-order valence-corrected chi connectivity index (χ1v) is 4.19. The summed E-state index contributed by atoms with van der Waals surface area (Å²) in [6, 6.07) is 0. The number of aromatic nitrogens is 4. The highest BCUT2D eigenvalue weighted by Crippen LogP contribution is 2.11. The van der Waals surface area contributed by atoms with E-state index >= 15 is 0 Å². The van der Waals surface area contributed by atoms with E-state index in [4.69, 9.17) is 5.73 Å². The van der Waals surface area contributed by atoms with Crippen molar-refractivity contribution in [2.24, 2.45) is 21.1 Å². The first-order chi connectivity index (χ1) is 6.54. The van der Waals surface area contributed by atoms with Crippen molar-refractivity contribution in [2.75, 3.05) is 5.73 Å². The largest absolute Gasteiger partial charge is 0.386 e. The Morgan fingerprint density at radius 1 is 1.43 bits per heavy atom. The van der Waals surface area contributed by atoms with Gasteiger partial charge in [0, 0.05) is 7.05 Å². The number of nitrogens with zero attached hydrogens (tertiary/aromatic N) is 4. The van der Waals surface area contributed by atoms with Crippen LogP contribution in [0.2, 0.25) is 0 Å². The van der Waals surface area contributed by atoms with Gasteiger partial charge in [0.2, 0.25) is 12.1 Å². The van der Waals surface area contributed by atoms with Crippen molar-refractivity contribution in [1.82, 2.24) is 14.1 Å². The first kappa shape index (κ1) is 8.74. The minimum atomic E-state index is -0.102. The number of hydrogen-bond donors (Lipinski definition) is 1. The Labute approximate surface area is 80.2 Å². The van der Waals surface area contributed by atoms with Crippen molar-refractivity contribution in [1.29, 1.82) is 0 Å². The zero-order valence-corrected chi connectivity index (χ0v) is 8.35. The van der Waals surface area contributed by atoms with Crippen molar-refractivity contribution in [3.05, 3.63) is 16.8 Å². The van der Waals surface area contributed by atoms with E-state index in [9.17, 15) is 4.79 Å². The van der Waals surface area contributed by atoms with Gasteiger partial charge >= 0.3 is 5.69 Å². The van der Waals surface area contributed by atoms with E-state index in [-0.39, 0.29) is 5.69 Å². The van der Waals surface area contributed by atoms with Gasteiger partial charge in [0.25, 0.3) is 5.65 Å². The molecule has 2 rings (SSSR count). The Kier molecular flexibility index (Phi) is 1.60. The molecule has 0 unspecified atom stereocenters. The molecule has 6 nitrogen and oxygen atoms in total. The molecule has 0 radical (unpaired) electrons. The highest BCUT2D eigenvalue weighted by atomic mass is 16.1. The Balaban J connectivity index is 3.16. The molecule has 2 heterocycles. The minimum Gasteiger partial charge on any atom is -0.368 e. The first-order valence-electron chi connectivity index (χ1n) is 4.19. The van der Waals surface area contributed by atoms with Gasteiger partial charge in [-0.2, -0.15) is 0 Å². The van der Waals surface area contributed by atoms with Crippen molar-refractivity contribution >= 4 is 17.0 Å². The van der Waals surface area contributed by atoms with Gasteiger partial charge in [0.15, 0.2) is 5.52 Å². The van der Waals surface area contributed by atoms with Crippen molar-refractivity contribution < 1.29 is 4.57 Å². The van der Waals surface area contributed by atoms with Crippen LogP contribution in [-0.4, -0.2) is 14.1 Å². The number of nitrogens with two attached hydrogens (primary N) is 1. The molecule has 0 bridgehead atoms. The normalized spacial score (nSPS) is 11.1. The molecule has 0 fully saturated rings. The molecule has 0 saturated heterocycles. The molecule has 0 saturated carbocycles. The second kappa shape index (κ2) is 2.57. The number of rotatable bonds is 0. The standard InChI is InChI=1S/C8H11N5O/c1-11-4-10-6(9)5-7(11)13(3)8(14)12(5)2/h4,9H,1-3H3/p+1. The molecule has 0 aliphatic carbocycles. The van der Waals surface area contributed by atoms with E-state index < -0.39 is 0 Å². The fourth-order valence-corrected chi connectivity index (χ4v) is 1.67. The van der Waals surface area contributed by atoms with Crippen LogP contribution in [0.15, 0.2) is 11.1 Å². The summed E-state index contributed by atoms with van der Waals surface area (Å²) < 4.78 is 4.82. The van der Waals surface area contributed by atoms with Crippen LogP contribution in [0.3, 0.4) is 0 Å². The van der Waals surface area contributed by atoms with Gasteiger partial charge in [-0.25, -0.2) is 13.9 Å². The van der Waals surface area contributed by atoms with Crippen LogP contribution in [0.25, 0.3) is 11.2 Å². The topological polar surface area (TPSA) is 69.7 Å². The summed E-state index contributed by atoms with van der Waals surface area (Å²) in [6.07, 6.45) is 1.59. The Hall–Kier alpha value is -1.85. The molecule has 0 aromatic carbocycles. The van der Waals surface area contributed by atoms with E-state index in [0.29, 0.717) is 11.3 Å². The highest BCUT2D eigenvalue weighted by Gasteiger charge is 2.19. The molecule has 0 aliphatic rings. The van der Waals surface area contributed by atoms with Crippen molar-refractivity contribution in [2.45, 2.75) is 0 Å². The molecular weight excluding hydrogens is 182 g/mol. The number of fused-ring (bicyclic) bond motifs is 1. The predicted octanol–water partition coefficient (Wildman–Crippen LogP) is -1.32. The molecule has 2 aromatic rings. The van der Waals surface area contributed by atoms with Crippen LogP contribution in [-0.2, 0) is 21.1 Å².